The fourth-order valence-corrected chi connectivity index (χ4v) is 3.28. The van der Waals surface area contributed by atoms with Crippen LogP contribution < -0.4 is 10.2 Å². The van der Waals surface area contributed by atoms with Gasteiger partial charge >= 0.3 is 0 Å². The molecule has 0 bridgehead atoms. The number of anilines is 1. The Balaban J connectivity index is 1.58. The average Bonchev–Trinajstić information content (AvgIpc) is 3.00. The van der Waals surface area contributed by atoms with Crippen molar-refractivity contribution in [1.82, 2.24) is 14.9 Å². The standard InChI is InChI=1S/C13H22N4/c1-16-10-7-15-13(16)17-8-4-11(5-9-17)12-3-2-6-14-12/h7,10-12,14H,2-6,8-9H2,1H3. The minimum Gasteiger partial charge on any atom is -0.342 e. The summed E-state index contributed by atoms with van der Waals surface area (Å²) in [4.78, 5) is 6.86. The second-order valence-electron chi connectivity index (χ2n) is 5.37. The summed E-state index contributed by atoms with van der Waals surface area (Å²) < 4.78 is 2.12. The molecule has 0 aliphatic carbocycles. The first-order valence-electron chi connectivity index (χ1n) is 6.80. The van der Waals surface area contributed by atoms with Gasteiger partial charge in [0.15, 0.2) is 0 Å². The molecule has 1 aromatic rings. The van der Waals surface area contributed by atoms with Crippen molar-refractivity contribution in [3.05, 3.63) is 12.4 Å². The quantitative estimate of drug-likeness (QED) is 0.839. The van der Waals surface area contributed by atoms with Crippen molar-refractivity contribution in [2.75, 3.05) is 24.5 Å². The Morgan fingerprint density at radius 1 is 1.29 bits per heavy atom. The van der Waals surface area contributed by atoms with E-state index in [9.17, 15) is 0 Å². The highest BCUT2D eigenvalue weighted by atomic mass is 15.3. The summed E-state index contributed by atoms with van der Waals surface area (Å²) in [6.07, 6.45) is 9.28. The second-order valence-corrected chi connectivity index (χ2v) is 5.37. The highest BCUT2D eigenvalue weighted by molar-refractivity contribution is 5.31. The van der Waals surface area contributed by atoms with Gasteiger partial charge in [-0.05, 0) is 38.1 Å². The lowest BCUT2D eigenvalue weighted by Gasteiger charge is -2.35. The maximum atomic E-state index is 4.44. The molecular formula is C13H22N4. The molecule has 0 saturated carbocycles. The van der Waals surface area contributed by atoms with E-state index in [0.29, 0.717) is 0 Å². The number of hydrogen-bond acceptors (Lipinski definition) is 3. The van der Waals surface area contributed by atoms with Crippen molar-refractivity contribution in [2.24, 2.45) is 13.0 Å². The topological polar surface area (TPSA) is 33.1 Å². The minimum atomic E-state index is 0.790. The summed E-state index contributed by atoms with van der Waals surface area (Å²) in [5, 5.41) is 3.65. The van der Waals surface area contributed by atoms with E-state index < -0.39 is 0 Å². The predicted octanol–water partition coefficient (Wildman–Crippen LogP) is 1.39. The zero-order valence-corrected chi connectivity index (χ0v) is 10.6. The molecule has 2 saturated heterocycles. The van der Waals surface area contributed by atoms with Gasteiger partial charge in [0.1, 0.15) is 0 Å². The Morgan fingerprint density at radius 2 is 2.12 bits per heavy atom. The van der Waals surface area contributed by atoms with Crippen LogP contribution in [0.2, 0.25) is 0 Å². The predicted molar refractivity (Wildman–Crippen MR) is 69.2 cm³/mol. The molecule has 4 heteroatoms. The van der Waals surface area contributed by atoms with Gasteiger partial charge in [-0.25, -0.2) is 4.98 Å². The van der Waals surface area contributed by atoms with Gasteiger partial charge in [-0.1, -0.05) is 0 Å². The van der Waals surface area contributed by atoms with Crippen LogP contribution >= 0.6 is 0 Å². The second kappa shape index (κ2) is 4.69. The van der Waals surface area contributed by atoms with Crippen molar-refractivity contribution in [1.29, 1.82) is 0 Å². The summed E-state index contributed by atoms with van der Waals surface area (Å²) in [5.74, 6) is 2.01. The average molecular weight is 234 g/mol. The summed E-state index contributed by atoms with van der Waals surface area (Å²) in [5.41, 5.74) is 0. The van der Waals surface area contributed by atoms with Crippen LogP contribution in [0.5, 0.6) is 0 Å². The molecule has 1 aromatic heterocycles. The van der Waals surface area contributed by atoms with Crippen LogP contribution in [0.4, 0.5) is 5.95 Å². The molecule has 2 aliphatic rings. The molecule has 0 amide bonds. The lowest BCUT2D eigenvalue weighted by Crippen LogP contribution is -2.41. The number of hydrogen-bond donors (Lipinski definition) is 1. The Morgan fingerprint density at radius 3 is 2.71 bits per heavy atom. The van der Waals surface area contributed by atoms with E-state index in [-0.39, 0.29) is 0 Å². The van der Waals surface area contributed by atoms with Crippen molar-refractivity contribution >= 4 is 5.95 Å². The first kappa shape index (κ1) is 11.1. The van der Waals surface area contributed by atoms with Gasteiger partial charge in [0.25, 0.3) is 0 Å². The van der Waals surface area contributed by atoms with Crippen LogP contribution in [-0.2, 0) is 7.05 Å². The molecule has 0 radical (unpaired) electrons. The highest BCUT2D eigenvalue weighted by Crippen LogP contribution is 2.27. The van der Waals surface area contributed by atoms with Gasteiger partial charge in [0, 0.05) is 38.6 Å². The highest BCUT2D eigenvalue weighted by Gasteiger charge is 2.29. The third kappa shape index (κ3) is 2.18. The molecule has 0 spiro atoms. The van der Waals surface area contributed by atoms with Crippen LogP contribution in [-0.4, -0.2) is 35.2 Å². The Bertz CT molecular complexity index is 359. The van der Waals surface area contributed by atoms with Crippen LogP contribution in [0, 0.1) is 5.92 Å². The molecule has 4 nitrogen and oxygen atoms in total. The Hall–Kier alpha value is -1.03. The van der Waals surface area contributed by atoms with E-state index in [1.807, 2.05) is 12.4 Å². The Labute approximate surface area is 103 Å². The van der Waals surface area contributed by atoms with Crippen LogP contribution in [0.25, 0.3) is 0 Å². The van der Waals surface area contributed by atoms with E-state index >= 15 is 0 Å². The minimum absolute atomic E-state index is 0.790. The molecule has 2 fully saturated rings. The van der Waals surface area contributed by atoms with Crippen molar-refractivity contribution < 1.29 is 0 Å². The first-order valence-corrected chi connectivity index (χ1v) is 6.80. The largest absolute Gasteiger partial charge is 0.342 e. The molecule has 1 atom stereocenters. The molecule has 94 valence electrons. The van der Waals surface area contributed by atoms with Gasteiger partial charge in [0.2, 0.25) is 5.95 Å². The van der Waals surface area contributed by atoms with Crippen LogP contribution in [0.3, 0.4) is 0 Å². The number of aromatic nitrogens is 2. The lowest BCUT2D eigenvalue weighted by atomic mass is 9.89. The zero-order chi connectivity index (χ0) is 11.7. The molecule has 0 aromatic carbocycles. The van der Waals surface area contributed by atoms with Crippen molar-refractivity contribution in [3.8, 4) is 0 Å². The molecule has 17 heavy (non-hydrogen) atoms. The number of nitrogens with one attached hydrogen (secondary N) is 1. The van der Waals surface area contributed by atoms with E-state index in [2.05, 4.69) is 26.8 Å². The van der Waals surface area contributed by atoms with Crippen LogP contribution in [0.1, 0.15) is 25.7 Å². The van der Waals surface area contributed by atoms with E-state index in [4.69, 9.17) is 0 Å². The number of imidazole rings is 1. The van der Waals surface area contributed by atoms with Gasteiger partial charge in [-0.15, -0.1) is 0 Å². The van der Waals surface area contributed by atoms with Gasteiger partial charge < -0.3 is 14.8 Å². The normalized spacial score (nSPS) is 26.6. The van der Waals surface area contributed by atoms with E-state index in [1.54, 1.807) is 0 Å². The fourth-order valence-electron chi connectivity index (χ4n) is 3.28. The maximum absolute atomic E-state index is 4.44. The zero-order valence-electron chi connectivity index (χ0n) is 10.6. The molecule has 3 rings (SSSR count). The van der Waals surface area contributed by atoms with Gasteiger partial charge in [-0.2, -0.15) is 0 Å². The van der Waals surface area contributed by atoms with Crippen molar-refractivity contribution in [3.63, 3.8) is 0 Å². The third-order valence-electron chi connectivity index (χ3n) is 4.29. The number of rotatable bonds is 2. The van der Waals surface area contributed by atoms with Gasteiger partial charge in [-0.3, -0.25) is 0 Å². The third-order valence-corrected chi connectivity index (χ3v) is 4.29. The van der Waals surface area contributed by atoms with E-state index in [1.165, 1.54) is 32.2 Å². The fraction of sp³-hybridized carbons (Fsp3) is 0.769. The molecular weight excluding hydrogens is 212 g/mol. The van der Waals surface area contributed by atoms with Crippen LogP contribution in [0.15, 0.2) is 12.4 Å². The number of piperidine rings is 1. The number of nitrogens with zero attached hydrogens (tertiary/aromatic N) is 3. The first-order chi connectivity index (χ1) is 8.34. The van der Waals surface area contributed by atoms with Crippen molar-refractivity contribution in [2.45, 2.75) is 31.7 Å². The monoisotopic (exact) mass is 234 g/mol. The number of aryl methyl sites for hydroxylation is 1. The smallest absolute Gasteiger partial charge is 0.205 e. The molecule has 3 heterocycles. The summed E-state index contributed by atoms with van der Waals surface area (Å²) >= 11 is 0. The summed E-state index contributed by atoms with van der Waals surface area (Å²) in [7, 11) is 2.08. The lowest BCUT2D eigenvalue weighted by molar-refractivity contribution is 0.317. The van der Waals surface area contributed by atoms with E-state index in [0.717, 1.165) is 31.0 Å². The summed E-state index contributed by atoms with van der Waals surface area (Å²) in [6.45, 7) is 3.55. The van der Waals surface area contributed by atoms with Gasteiger partial charge in [0.05, 0.1) is 0 Å². The maximum Gasteiger partial charge on any atom is 0.205 e. The molecule has 2 aliphatic heterocycles. The molecule has 1 N–H and O–H groups in total. The summed E-state index contributed by atoms with van der Waals surface area (Å²) in [6, 6.07) is 0.790. The Kier molecular flexibility index (Phi) is 3.05. The SMILES string of the molecule is Cn1ccnc1N1CCC(C2CCCN2)CC1. The molecule has 1 unspecified atom stereocenters.